The van der Waals surface area contributed by atoms with E-state index in [1.165, 1.54) is 38.9 Å². The van der Waals surface area contributed by atoms with Gasteiger partial charge in [0, 0.05) is 24.8 Å². The first-order valence-corrected chi connectivity index (χ1v) is 7.53. The third-order valence-corrected chi connectivity index (χ3v) is 3.71. The van der Waals surface area contributed by atoms with Crippen LogP contribution in [0.2, 0.25) is 0 Å². The maximum Gasteiger partial charge on any atom is 0.170 e. The largest absolute Gasteiger partial charge is 0.360 e. The Bertz CT molecular complexity index is 386. The maximum absolute atomic E-state index is 5.36. The van der Waals surface area contributed by atoms with Crippen molar-refractivity contribution in [3.8, 4) is 0 Å². The molecule has 19 heavy (non-hydrogen) atoms. The van der Waals surface area contributed by atoms with Crippen LogP contribution in [0.1, 0.15) is 26.2 Å². The van der Waals surface area contributed by atoms with Crippen LogP contribution in [-0.4, -0.2) is 35.7 Å². The first kappa shape index (κ1) is 14.3. The van der Waals surface area contributed by atoms with Gasteiger partial charge in [0.2, 0.25) is 0 Å². The van der Waals surface area contributed by atoms with Crippen molar-refractivity contribution in [3.05, 3.63) is 30.3 Å². The molecular weight excluding hydrogens is 254 g/mol. The molecular formula is C15H23N3S. The number of nitrogens with zero attached hydrogens (tertiary/aromatic N) is 1. The molecule has 2 rings (SSSR count). The number of para-hydroxylation sites is 1. The Morgan fingerprint density at radius 3 is 2.58 bits per heavy atom. The summed E-state index contributed by atoms with van der Waals surface area (Å²) in [5.41, 5.74) is 1.04. The smallest absolute Gasteiger partial charge is 0.170 e. The van der Waals surface area contributed by atoms with Gasteiger partial charge in [-0.3, -0.25) is 0 Å². The molecule has 1 aromatic rings. The summed E-state index contributed by atoms with van der Waals surface area (Å²) in [6, 6.07) is 10.6. The summed E-state index contributed by atoms with van der Waals surface area (Å²) in [7, 11) is 0. The molecule has 1 aliphatic rings. The van der Waals surface area contributed by atoms with Gasteiger partial charge in [0.15, 0.2) is 5.11 Å². The summed E-state index contributed by atoms with van der Waals surface area (Å²) in [5, 5.41) is 7.39. The van der Waals surface area contributed by atoms with Crippen LogP contribution in [0, 0.1) is 0 Å². The quantitative estimate of drug-likeness (QED) is 0.828. The van der Waals surface area contributed by atoms with Crippen LogP contribution in [0.4, 0.5) is 5.69 Å². The third-order valence-electron chi connectivity index (χ3n) is 3.49. The fourth-order valence-electron chi connectivity index (χ4n) is 2.49. The van der Waals surface area contributed by atoms with Crippen LogP contribution in [0.3, 0.4) is 0 Å². The summed E-state index contributed by atoms with van der Waals surface area (Å²) in [6.07, 6.45) is 3.60. The predicted molar refractivity (Wildman–Crippen MR) is 85.6 cm³/mol. The number of hydrogen-bond donors (Lipinski definition) is 2. The van der Waals surface area contributed by atoms with Crippen molar-refractivity contribution in [3.63, 3.8) is 0 Å². The average Bonchev–Trinajstić information content (AvgIpc) is 2.42. The topological polar surface area (TPSA) is 27.3 Å². The van der Waals surface area contributed by atoms with E-state index in [0.717, 1.165) is 10.8 Å². The van der Waals surface area contributed by atoms with Crippen molar-refractivity contribution in [2.45, 2.75) is 32.2 Å². The fraction of sp³-hybridized carbons (Fsp3) is 0.533. The van der Waals surface area contributed by atoms with Gasteiger partial charge in [-0.15, -0.1) is 0 Å². The SMILES string of the molecule is CCCN1CCC(NC(=S)Nc2ccccc2)CC1. The fourth-order valence-corrected chi connectivity index (χ4v) is 2.78. The Hall–Kier alpha value is -1.13. The molecule has 0 atom stereocenters. The Morgan fingerprint density at radius 1 is 1.26 bits per heavy atom. The molecule has 0 bridgehead atoms. The summed E-state index contributed by atoms with van der Waals surface area (Å²) in [6.45, 7) is 5.82. The number of likely N-dealkylation sites (tertiary alicyclic amines) is 1. The molecule has 0 spiro atoms. The molecule has 0 saturated carbocycles. The molecule has 1 heterocycles. The number of rotatable bonds is 4. The van der Waals surface area contributed by atoms with Crippen LogP contribution in [0.15, 0.2) is 30.3 Å². The Balaban J connectivity index is 1.72. The highest BCUT2D eigenvalue weighted by Gasteiger charge is 2.18. The molecule has 0 amide bonds. The van der Waals surface area contributed by atoms with Gasteiger partial charge in [0.25, 0.3) is 0 Å². The molecule has 3 nitrogen and oxygen atoms in total. The van der Waals surface area contributed by atoms with Gasteiger partial charge in [-0.25, -0.2) is 0 Å². The average molecular weight is 277 g/mol. The van der Waals surface area contributed by atoms with Gasteiger partial charge in [-0.2, -0.15) is 0 Å². The van der Waals surface area contributed by atoms with Crippen molar-refractivity contribution in [2.75, 3.05) is 25.0 Å². The molecule has 2 N–H and O–H groups in total. The molecule has 1 aliphatic heterocycles. The number of benzene rings is 1. The van der Waals surface area contributed by atoms with E-state index >= 15 is 0 Å². The molecule has 1 fully saturated rings. The first-order valence-electron chi connectivity index (χ1n) is 7.13. The third kappa shape index (κ3) is 4.80. The van der Waals surface area contributed by atoms with Crippen LogP contribution in [0.5, 0.6) is 0 Å². The van der Waals surface area contributed by atoms with Gasteiger partial charge in [0.1, 0.15) is 0 Å². The molecule has 1 saturated heterocycles. The van der Waals surface area contributed by atoms with Crippen molar-refractivity contribution in [1.82, 2.24) is 10.2 Å². The number of piperidine rings is 1. The van der Waals surface area contributed by atoms with E-state index in [0.29, 0.717) is 6.04 Å². The van der Waals surface area contributed by atoms with Crippen molar-refractivity contribution < 1.29 is 0 Å². The standard InChI is InChI=1S/C15H23N3S/c1-2-10-18-11-8-14(9-12-18)17-15(19)16-13-6-4-3-5-7-13/h3-7,14H,2,8-12H2,1H3,(H2,16,17,19). The Labute approximate surface area is 121 Å². The highest BCUT2D eigenvalue weighted by Crippen LogP contribution is 2.11. The molecule has 0 aliphatic carbocycles. The second-order valence-electron chi connectivity index (χ2n) is 5.08. The van der Waals surface area contributed by atoms with Crippen molar-refractivity contribution >= 4 is 23.0 Å². The Kier molecular flexibility index (Phi) is 5.61. The minimum Gasteiger partial charge on any atom is -0.360 e. The van der Waals surface area contributed by atoms with Crippen LogP contribution < -0.4 is 10.6 Å². The number of anilines is 1. The highest BCUT2D eigenvalue weighted by atomic mass is 32.1. The lowest BCUT2D eigenvalue weighted by Crippen LogP contribution is -2.45. The minimum absolute atomic E-state index is 0.511. The summed E-state index contributed by atoms with van der Waals surface area (Å²) in [5.74, 6) is 0. The highest BCUT2D eigenvalue weighted by molar-refractivity contribution is 7.80. The monoisotopic (exact) mass is 277 g/mol. The normalized spacial score (nSPS) is 17.1. The van der Waals surface area contributed by atoms with Crippen LogP contribution in [-0.2, 0) is 0 Å². The zero-order valence-electron chi connectivity index (χ0n) is 11.6. The lowest BCUT2D eigenvalue weighted by atomic mass is 10.1. The van der Waals surface area contributed by atoms with E-state index in [4.69, 9.17) is 12.2 Å². The summed E-state index contributed by atoms with van der Waals surface area (Å²) in [4.78, 5) is 2.53. The van der Waals surface area contributed by atoms with Gasteiger partial charge >= 0.3 is 0 Å². The molecule has 0 radical (unpaired) electrons. The molecule has 4 heteroatoms. The van der Waals surface area contributed by atoms with Gasteiger partial charge in [0.05, 0.1) is 0 Å². The predicted octanol–water partition coefficient (Wildman–Crippen LogP) is 2.85. The number of hydrogen-bond acceptors (Lipinski definition) is 2. The van der Waals surface area contributed by atoms with E-state index in [1.807, 2.05) is 30.3 Å². The minimum atomic E-state index is 0.511. The number of nitrogens with one attached hydrogen (secondary N) is 2. The molecule has 1 aromatic carbocycles. The zero-order valence-corrected chi connectivity index (χ0v) is 12.4. The van der Waals surface area contributed by atoms with E-state index in [2.05, 4.69) is 22.5 Å². The lowest BCUT2D eigenvalue weighted by molar-refractivity contribution is 0.207. The van der Waals surface area contributed by atoms with Gasteiger partial charge in [-0.05, 0) is 50.2 Å². The first-order chi connectivity index (χ1) is 9.28. The van der Waals surface area contributed by atoms with E-state index in [-0.39, 0.29) is 0 Å². The number of thiocarbonyl (C=S) groups is 1. The second kappa shape index (κ2) is 7.46. The van der Waals surface area contributed by atoms with Gasteiger partial charge < -0.3 is 15.5 Å². The summed E-state index contributed by atoms with van der Waals surface area (Å²) < 4.78 is 0. The van der Waals surface area contributed by atoms with Crippen LogP contribution in [0.25, 0.3) is 0 Å². The van der Waals surface area contributed by atoms with Gasteiger partial charge in [-0.1, -0.05) is 25.1 Å². The van der Waals surface area contributed by atoms with E-state index in [1.54, 1.807) is 0 Å². The van der Waals surface area contributed by atoms with E-state index in [9.17, 15) is 0 Å². The van der Waals surface area contributed by atoms with Crippen LogP contribution >= 0.6 is 12.2 Å². The lowest BCUT2D eigenvalue weighted by Gasteiger charge is -2.32. The van der Waals surface area contributed by atoms with E-state index < -0.39 is 0 Å². The maximum atomic E-state index is 5.36. The summed E-state index contributed by atoms with van der Waals surface area (Å²) >= 11 is 5.36. The molecule has 0 aromatic heterocycles. The van der Waals surface area contributed by atoms with Crippen molar-refractivity contribution in [1.29, 1.82) is 0 Å². The molecule has 0 unspecified atom stereocenters. The second-order valence-corrected chi connectivity index (χ2v) is 5.49. The Morgan fingerprint density at radius 2 is 1.95 bits per heavy atom. The van der Waals surface area contributed by atoms with Crippen molar-refractivity contribution in [2.24, 2.45) is 0 Å². The molecule has 104 valence electrons. The zero-order chi connectivity index (χ0) is 13.5.